The first kappa shape index (κ1) is 17.0. The fourth-order valence-electron chi connectivity index (χ4n) is 3.47. The number of carbonyl (C=O) groups excluding carboxylic acids is 1. The predicted octanol–water partition coefficient (Wildman–Crippen LogP) is 3.58. The van der Waals surface area contributed by atoms with E-state index in [0.717, 1.165) is 23.0 Å². The van der Waals surface area contributed by atoms with E-state index in [4.69, 9.17) is 5.73 Å². The molecule has 128 valence electrons. The van der Waals surface area contributed by atoms with Gasteiger partial charge in [0.1, 0.15) is 0 Å². The number of hydrogen-bond donors (Lipinski definition) is 1. The van der Waals surface area contributed by atoms with Gasteiger partial charge in [0.15, 0.2) is 11.0 Å². The normalized spacial score (nSPS) is 20.9. The van der Waals surface area contributed by atoms with Crippen molar-refractivity contribution in [1.29, 1.82) is 0 Å². The van der Waals surface area contributed by atoms with Crippen LogP contribution in [0.1, 0.15) is 44.2 Å². The van der Waals surface area contributed by atoms with Crippen molar-refractivity contribution in [3.63, 3.8) is 0 Å². The van der Waals surface area contributed by atoms with Gasteiger partial charge in [-0.1, -0.05) is 55.3 Å². The van der Waals surface area contributed by atoms with Gasteiger partial charge in [-0.3, -0.25) is 9.36 Å². The average molecular weight is 344 g/mol. The Kier molecular flexibility index (Phi) is 5.23. The molecule has 24 heavy (non-hydrogen) atoms. The lowest BCUT2D eigenvalue weighted by molar-refractivity contribution is -0.115. The van der Waals surface area contributed by atoms with Gasteiger partial charge >= 0.3 is 0 Å². The van der Waals surface area contributed by atoms with Crippen molar-refractivity contribution in [2.45, 2.75) is 50.7 Å². The van der Waals surface area contributed by atoms with Gasteiger partial charge in [-0.2, -0.15) is 0 Å². The second-order valence-electron chi connectivity index (χ2n) is 6.63. The molecule has 1 amide bonds. The molecule has 0 saturated heterocycles. The van der Waals surface area contributed by atoms with Crippen LogP contribution in [0, 0.1) is 12.8 Å². The lowest BCUT2D eigenvalue weighted by atomic mass is 9.85. The molecule has 0 bridgehead atoms. The summed E-state index contributed by atoms with van der Waals surface area (Å²) < 4.78 is 2.24. The third kappa shape index (κ3) is 3.64. The Bertz CT molecular complexity index is 728. The zero-order valence-corrected chi connectivity index (χ0v) is 15.1. The summed E-state index contributed by atoms with van der Waals surface area (Å²) in [7, 11) is 0. The molecule has 2 N–H and O–H groups in total. The number of hydrogen-bond acceptors (Lipinski definition) is 4. The first-order chi connectivity index (χ1) is 11.6. The molecule has 1 aromatic carbocycles. The highest BCUT2D eigenvalue weighted by molar-refractivity contribution is 7.99. The van der Waals surface area contributed by atoms with E-state index >= 15 is 0 Å². The quantitative estimate of drug-likeness (QED) is 0.841. The van der Waals surface area contributed by atoms with Gasteiger partial charge in [0, 0.05) is 11.6 Å². The minimum Gasteiger partial charge on any atom is -0.369 e. The molecule has 6 heteroatoms. The highest BCUT2D eigenvalue weighted by Gasteiger charge is 2.28. The van der Waals surface area contributed by atoms with Crippen LogP contribution in [0.4, 0.5) is 0 Å². The van der Waals surface area contributed by atoms with Crippen LogP contribution in [0.5, 0.6) is 0 Å². The third-order valence-electron chi connectivity index (χ3n) is 4.68. The topological polar surface area (TPSA) is 73.8 Å². The number of carbonyl (C=O) groups is 1. The van der Waals surface area contributed by atoms with Gasteiger partial charge in [0.2, 0.25) is 5.91 Å². The monoisotopic (exact) mass is 344 g/mol. The molecule has 0 aliphatic heterocycles. The van der Waals surface area contributed by atoms with E-state index in [-0.39, 0.29) is 11.7 Å². The summed E-state index contributed by atoms with van der Waals surface area (Å²) in [5, 5.41) is 9.62. The van der Waals surface area contributed by atoms with Gasteiger partial charge < -0.3 is 5.73 Å². The molecule has 3 rings (SSSR count). The maximum atomic E-state index is 11.2. The van der Waals surface area contributed by atoms with E-state index < -0.39 is 0 Å². The first-order valence-electron chi connectivity index (χ1n) is 8.49. The molecule has 1 aliphatic rings. The zero-order valence-electron chi connectivity index (χ0n) is 14.2. The van der Waals surface area contributed by atoms with E-state index in [1.807, 2.05) is 6.07 Å². The number of thioether (sulfide) groups is 1. The molecule has 2 atom stereocenters. The zero-order chi connectivity index (χ0) is 17.1. The summed E-state index contributed by atoms with van der Waals surface area (Å²) >= 11 is 1.39. The second kappa shape index (κ2) is 7.38. The average Bonchev–Trinajstić information content (AvgIpc) is 2.97. The summed E-state index contributed by atoms with van der Waals surface area (Å²) in [5.74, 6) is 1.37. The van der Waals surface area contributed by atoms with E-state index in [0.29, 0.717) is 12.0 Å². The molecule has 5 nitrogen and oxygen atoms in total. The minimum atomic E-state index is -0.330. The summed E-state index contributed by atoms with van der Waals surface area (Å²) in [6.07, 6.45) is 4.85. The molecule has 2 aromatic rings. The summed E-state index contributed by atoms with van der Waals surface area (Å²) in [4.78, 5) is 11.2. The Balaban J connectivity index is 2.03. The molecule has 1 aliphatic carbocycles. The molecule has 0 unspecified atom stereocenters. The van der Waals surface area contributed by atoms with E-state index in [1.165, 1.54) is 36.6 Å². The van der Waals surface area contributed by atoms with Crippen molar-refractivity contribution in [3.8, 4) is 11.4 Å². The van der Waals surface area contributed by atoms with E-state index in [9.17, 15) is 4.79 Å². The molecule has 1 aromatic heterocycles. The van der Waals surface area contributed by atoms with Crippen LogP contribution in [-0.2, 0) is 4.79 Å². The smallest absolute Gasteiger partial charge is 0.227 e. The molecule has 1 saturated carbocycles. The molecular formula is C18H24N4OS. The number of nitrogens with two attached hydrogens (primary N) is 1. The van der Waals surface area contributed by atoms with Crippen LogP contribution >= 0.6 is 11.8 Å². The SMILES string of the molecule is Cc1cccc(-c2nnc(SCC(N)=O)n2[C@H]2CCCC[C@@H]2C)c1. The number of aromatic nitrogens is 3. The Hall–Kier alpha value is -1.82. The maximum Gasteiger partial charge on any atom is 0.227 e. The lowest BCUT2D eigenvalue weighted by Gasteiger charge is -2.31. The Morgan fingerprint density at radius 2 is 2.12 bits per heavy atom. The number of rotatable bonds is 5. The minimum absolute atomic E-state index is 0.229. The summed E-state index contributed by atoms with van der Waals surface area (Å²) in [6, 6.07) is 8.71. The van der Waals surface area contributed by atoms with Crippen molar-refractivity contribution in [1.82, 2.24) is 14.8 Å². The second-order valence-corrected chi connectivity index (χ2v) is 7.57. The van der Waals surface area contributed by atoms with Crippen LogP contribution in [0.2, 0.25) is 0 Å². The molecular weight excluding hydrogens is 320 g/mol. The van der Waals surface area contributed by atoms with Crippen LogP contribution in [0.15, 0.2) is 29.4 Å². The standard InChI is InChI=1S/C18H24N4OS/c1-12-6-5-8-14(10-12)17-20-21-18(24-11-16(19)23)22(17)15-9-4-3-7-13(15)2/h5-6,8,10,13,15H,3-4,7,9,11H2,1-2H3,(H2,19,23)/t13-,15-/m0/s1. The van der Waals surface area contributed by atoms with Crippen LogP contribution in [0.3, 0.4) is 0 Å². The lowest BCUT2D eigenvalue weighted by Crippen LogP contribution is -2.23. The van der Waals surface area contributed by atoms with Crippen LogP contribution in [0.25, 0.3) is 11.4 Å². The number of nitrogens with zero attached hydrogens (tertiary/aromatic N) is 3. The number of benzene rings is 1. The molecule has 1 heterocycles. The Morgan fingerprint density at radius 3 is 2.83 bits per heavy atom. The fourth-order valence-corrected chi connectivity index (χ4v) is 4.20. The maximum absolute atomic E-state index is 11.2. The van der Waals surface area contributed by atoms with Crippen molar-refractivity contribution >= 4 is 17.7 Å². The van der Waals surface area contributed by atoms with Gasteiger partial charge in [-0.05, 0) is 31.7 Å². The summed E-state index contributed by atoms with van der Waals surface area (Å²) in [6.45, 7) is 4.38. The van der Waals surface area contributed by atoms with Gasteiger partial charge in [-0.25, -0.2) is 0 Å². The molecule has 0 radical (unpaired) electrons. The summed E-state index contributed by atoms with van der Waals surface area (Å²) in [5.41, 5.74) is 7.59. The van der Waals surface area contributed by atoms with E-state index in [2.05, 4.69) is 46.8 Å². The molecule has 0 spiro atoms. The van der Waals surface area contributed by atoms with Crippen LogP contribution < -0.4 is 5.73 Å². The van der Waals surface area contributed by atoms with Crippen molar-refractivity contribution in [3.05, 3.63) is 29.8 Å². The number of aryl methyl sites for hydroxylation is 1. The third-order valence-corrected chi connectivity index (χ3v) is 5.65. The Labute approximate surface area is 147 Å². The number of primary amides is 1. The highest BCUT2D eigenvalue weighted by Crippen LogP contribution is 2.38. The van der Waals surface area contributed by atoms with Gasteiger partial charge in [0.05, 0.1) is 5.75 Å². The fraction of sp³-hybridized carbons (Fsp3) is 0.500. The predicted molar refractivity (Wildman–Crippen MR) is 96.8 cm³/mol. The largest absolute Gasteiger partial charge is 0.369 e. The van der Waals surface area contributed by atoms with E-state index in [1.54, 1.807) is 0 Å². The first-order valence-corrected chi connectivity index (χ1v) is 9.48. The van der Waals surface area contributed by atoms with Crippen molar-refractivity contribution in [2.24, 2.45) is 11.7 Å². The van der Waals surface area contributed by atoms with Crippen LogP contribution in [-0.4, -0.2) is 26.4 Å². The van der Waals surface area contributed by atoms with Crippen molar-refractivity contribution < 1.29 is 4.79 Å². The van der Waals surface area contributed by atoms with Crippen molar-refractivity contribution in [2.75, 3.05) is 5.75 Å². The van der Waals surface area contributed by atoms with Gasteiger partial charge in [0.25, 0.3) is 0 Å². The Morgan fingerprint density at radius 1 is 1.33 bits per heavy atom. The van der Waals surface area contributed by atoms with Gasteiger partial charge in [-0.15, -0.1) is 10.2 Å². The molecule has 1 fully saturated rings. The highest BCUT2D eigenvalue weighted by atomic mass is 32.2. The number of amides is 1.